The zero-order valence-corrected chi connectivity index (χ0v) is 7.40. The third kappa shape index (κ3) is 1.98. The fourth-order valence-electron chi connectivity index (χ4n) is 0.721. The summed E-state index contributed by atoms with van der Waals surface area (Å²) < 4.78 is 1.63. The lowest BCUT2D eigenvalue weighted by atomic mass is 10.6. The van der Waals surface area contributed by atoms with Gasteiger partial charge in [0.2, 0.25) is 0 Å². The van der Waals surface area contributed by atoms with Crippen LogP contribution < -0.4 is 5.32 Å². The lowest BCUT2D eigenvalue weighted by molar-refractivity contribution is 0.230. The van der Waals surface area contributed by atoms with E-state index in [1.807, 2.05) is 0 Å². The van der Waals surface area contributed by atoms with Crippen LogP contribution in [0, 0.1) is 0 Å². The van der Waals surface area contributed by atoms with Gasteiger partial charge in [0.15, 0.2) is 0 Å². The van der Waals surface area contributed by atoms with Crippen molar-refractivity contribution in [2.45, 2.75) is 0 Å². The first kappa shape index (κ1) is 8.58. The zero-order chi connectivity index (χ0) is 9.14. The molecule has 1 heterocycles. The van der Waals surface area contributed by atoms with Crippen molar-refractivity contribution in [2.24, 2.45) is 7.05 Å². The number of anilines is 1. The summed E-state index contributed by atoms with van der Waals surface area (Å²) in [6, 6.07) is -0.150. The lowest BCUT2D eigenvalue weighted by Gasteiger charge is -2.09. The van der Waals surface area contributed by atoms with E-state index in [1.54, 1.807) is 38.2 Å². The van der Waals surface area contributed by atoms with E-state index in [2.05, 4.69) is 10.4 Å². The molecule has 12 heavy (non-hydrogen) atoms. The van der Waals surface area contributed by atoms with E-state index >= 15 is 0 Å². The van der Waals surface area contributed by atoms with E-state index < -0.39 is 0 Å². The highest BCUT2D eigenvalue weighted by Crippen LogP contribution is 2.03. The molecule has 0 spiro atoms. The van der Waals surface area contributed by atoms with Crippen molar-refractivity contribution >= 4 is 11.7 Å². The average Bonchev–Trinajstić information content (AvgIpc) is 2.35. The van der Waals surface area contributed by atoms with Crippen LogP contribution in [0.1, 0.15) is 0 Å². The maximum Gasteiger partial charge on any atom is 0.321 e. The molecule has 2 amide bonds. The number of rotatable bonds is 1. The van der Waals surface area contributed by atoms with Gasteiger partial charge in [0.1, 0.15) is 0 Å². The molecule has 0 bridgehead atoms. The van der Waals surface area contributed by atoms with E-state index in [9.17, 15) is 4.79 Å². The standard InChI is InChI=1S/C7H12N4O/c1-10(2)7(12)9-6-4-8-11(3)5-6/h4-5H,1-3H3,(H,9,12). The summed E-state index contributed by atoms with van der Waals surface area (Å²) >= 11 is 0. The molecule has 0 aliphatic heterocycles. The normalized spacial score (nSPS) is 9.58. The fraction of sp³-hybridized carbons (Fsp3) is 0.429. The first-order valence-corrected chi connectivity index (χ1v) is 3.56. The summed E-state index contributed by atoms with van der Waals surface area (Å²) in [5.74, 6) is 0. The second kappa shape index (κ2) is 3.25. The van der Waals surface area contributed by atoms with Crippen LogP contribution in [0.25, 0.3) is 0 Å². The summed E-state index contributed by atoms with van der Waals surface area (Å²) in [6.07, 6.45) is 3.34. The molecule has 0 aromatic carbocycles. The SMILES string of the molecule is CN(C)C(=O)Nc1cnn(C)c1. The number of nitrogens with one attached hydrogen (secondary N) is 1. The molecule has 0 fully saturated rings. The number of urea groups is 1. The number of hydrogen-bond donors (Lipinski definition) is 1. The number of aryl methyl sites for hydroxylation is 1. The summed E-state index contributed by atoms with van der Waals surface area (Å²) in [5.41, 5.74) is 0.705. The topological polar surface area (TPSA) is 50.2 Å². The van der Waals surface area contributed by atoms with Gasteiger partial charge < -0.3 is 10.2 Å². The van der Waals surface area contributed by atoms with Gasteiger partial charge in [-0.25, -0.2) is 4.79 Å². The number of nitrogens with zero attached hydrogens (tertiary/aromatic N) is 3. The Bertz CT molecular complexity index is 279. The Balaban J connectivity index is 2.58. The van der Waals surface area contributed by atoms with Crippen molar-refractivity contribution in [1.82, 2.24) is 14.7 Å². The first-order valence-electron chi connectivity index (χ1n) is 3.56. The van der Waals surface area contributed by atoms with Gasteiger partial charge in [-0.15, -0.1) is 0 Å². The van der Waals surface area contributed by atoms with Crippen LogP contribution in [0.3, 0.4) is 0 Å². The van der Waals surface area contributed by atoms with E-state index in [0.717, 1.165) is 0 Å². The van der Waals surface area contributed by atoms with Gasteiger partial charge in [-0.05, 0) is 0 Å². The molecule has 0 atom stereocenters. The Morgan fingerprint density at radius 3 is 2.75 bits per heavy atom. The van der Waals surface area contributed by atoms with Crippen molar-refractivity contribution < 1.29 is 4.79 Å². The molecule has 0 aliphatic carbocycles. The minimum absolute atomic E-state index is 0.150. The Kier molecular flexibility index (Phi) is 2.32. The minimum atomic E-state index is -0.150. The average molecular weight is 168 g/mol. The Morgan fingerprint density at radius 1 is 1.67 bits per heavy atom. The third-order valence-electron chi connectivity index (χ3n) is 1.36. The quantitative estimate of drug-likeness (QED) is 0.664. The highest BCUT2D eigenvalue weighted by molar-refractivity contribution is 5.88. The van der Waals surface area contributed by atoms with Gasteiger partial charge in [-0.2, -0.15) is 5.10 Å². The van der Waals surface area contributed by atoms with E-state index in [0.29, 0.717) is 5.69 Å². The molecule has 1 N–H and O–H groups in total. The number of carbonyl (C=O) groups excluding carboxylic acids is 1. The van der Waals surface area contributed by atoms with E-state index in [4.69, 9.17) is 0 Å². The van der Waals surface area contributed by atoms with Crippen LogP contribution in [-0.2, 0) is 7.05 Å². The summed E-state index contributed by atoms with van der Waals surface area (Å²) in [7, 11) is 5.17. The van der Waals surface area contributed by atoms with Crippen LogP contribution in [0.15, 0.2) is 12.4 Å². The Hall–Kier alpha value is -1.52. The van der Waals surface area contributed by atoms with Crippen molar-refractivity contribution in [3.63, 3.8) is 0 Å². The molecule has 66 valence electrons. The van der Waals surface area contributed by atoms with Crippen LogP contribution in [0.4, 0.5) is 10.5 Å². The highest BCUT2D eigenvalue weighted by atomic mass is 16.2. The number of amides is 2. The maximum absolute atomic E-state index is 11.1. The van der Waals surface area contributed by atoms with Gasteiger partial charge in [0.25, 0.3) is 0 Å². The molecule has 0 saturated heterocycles. The fourth-order valence-corrected chi connectivity index (χ4v) is 0.721. The van der Waals surface area contributed by atoms with Crippen molar-refractivity contribution in [2.75, 3.05) is 19.4 Å². The predicted octanol–water partition coefficient (Wildman–Crippen LogP) is 0.514. The predicted molar refractivity (Wildman–Crippen MR) is 45.9 cm³/mol. The van der Waals surface area contributed by atoms with Crippen molar-refractivity contribution in [1.29, 1.82) is 0 Å². The number of carbonyl (C=O) groups is 1. The Labute approximate surface area is 71.0 Å². The molecule has 1 rings (SSSR count). The molecule has 1 aromatic rings. The lowest BCUT2D eigenvalue weighted by Crippen LogP contribution is -2.27. The number of aromatic nitrogens is 2. The third-order valence-corrected chi connectivity index (χ3v) is 1.36. The van der Waals surface area contributed by atoms with Crippen LogP contribution in [0.2, 0.25) is 0 Å². The van der Waals surface area contributed by atoms with Crippen LogP contribution >= 0.6 is 0 Å². The minimum Gasteiger partial charge on any atom is -0.331 e. The molecule has 0 saturated carbocycles. The summed E-state index contributed by atoms with van der Waals surface area (Å²) in [6.45, 7) is 0. The van der Waals surface area contributed by atoms with Gasteiger partial charge in [-0.1, -0.05) is 0 Å². The van der Waals surface area contributed by atoms with Gasteiger partial charge in [0.05, 0.1) is 11.9 Å². The van der Waals surface area contributed by atoms with Crippen LogP contribution in [-0.4, -0.2) is 34.8 Å². The van der Waals surface area contributed by atoms with Crippen molar-refractivity contribution in [3.8, 4) is 0 Å². The number of hydrogen-bond acceptors (Lipinski definition) is 2. The maximum atomic E-state index is 11.1. The second-order valence-corrected chi connectivity index (χ2v) is 2.73. The van der Waals surface area contributed by atoms with E-state index in [-0.39, 0.29) is 6.03 Å². The smallest absolute Gasteiger partial charge is 0.321 e. The van der Waals surface area contributed by atoms with E-state index in [1.165, 1.54) is 4.90 Å². The summed E-state index contributed by atoms with van der Waals surface area (Å²) in [4.78, 5) is 12.6. The van der Waals surface area contributed by atoms with Gasteiger partial charge >= 0.3 is 6.03 Å². The summed E-state index contributed by atoms with van der Waals surface area (Å²) in [5, 5.41) is 6.58. The molecule has 1 aromatic heterocycles. The Morgan fingerprint density at radius 2 is 2.33 bits per heavy atom. The van der Waals surface area contributed by atoms with Crippen LogP contribution in [0.5, 0.6) is 0 Å². The second-order valence-electron chi connectivity index (χ2n) is 2.73. The highest BCUT2D eigenvalue weighted by Gasteiger charge is 2.03. The first-order chi connectivity index (χ1) is 5.59. The van der Waals surface area contributed by atoms with Crippen molar-refractivity contribution in [3.05, 3.63) is 12.4 Å². The monoisotopic (exact) mass is 168 g/mol. The molecule has 5 nitrogen and oxygen atoms in total. The van der Waals surface area contributed by atoms with Gasteiger partial charge in [0, 0.05) is 27.3 Å². The largest absolute Gasteiger partial charge is 0.331 e. The molecule has 0 radical (unpaired) electrons. The molecule has 0 unspecified atom stereocenters. The zero-order valence-electron chi connectivity index (χ0n) is 7.40. The molecular weight excluding hydrogens is 156 g/mol. The molecule has 0 aliphatic rings. The molecular formula is C7H12N4O. The molecule has 5 heteroatoms. The van der Waals surface area contributed by atoms with Gasteiger partial charge in [-0.3, -0.25) is 4.68 Å².